The molecular weight excluding hydrogens is 412 g/mol. The Balaban J connectivity index is 1.68. The van der Waals surface area contributed by atoms with Crippen LogP contribution in [0.1, 0.15) is 45.2 Å². The highest BCUT2D eigenvalue weighted by Crippen LogP contribution is 2.48. The van der Waals surface area contributed by atoms with Crippen molar-refractivity contribution in [3.63, 3.8) is 0 Å². The van der Waals surface area contributed by atoms with E-state index in [2.05, 4.69) is 4.98 Å². The molecule has 0 aliphatic carbocycles. The molecule has 2 unspecified atom stereocenters. The van der Waals surface area contributed by atoms with Crippen molar-refractivity contribution in [2.24, 2.45) is 0 Å². The van der Waals surface area contributed by atoms with Gasteiger partial charge in [0.1, 0.15) is 5.60 Å². The Morgan fingerprint density at radius 2 is 1.84 bits per heavy atom. The minimum atomic E-state index is -1.08. The third-order valence-corrected chi connectivity index (χ3v) is 6.50. The number of benzene rings is 2. The fourth-order valence-corrected chi connectivity index (χ4v) is 4.44. The van der Waals surface area contributed by atoms with Crippen LogP contribution in [0.15, 0.2) is 60.8 Å². The van der Waals surface area contributed by atoms with E-state index in [9.17, 15) is 4.79 Å². The molecule has 2 aliphatic heterocycles. The van der Waals surface area contributed by atoms with Gasteiger partial charge in [-0.2, -0.15) is 0 Å². The van der Waals surface area contributed by atoms with Crippen molar-refractivity contribution < 1.29 is 14.3 Å². The zero-order valence-corrected chi connectivity index (χ0v) is 18.4. The van der Waals surface area contributed by atoms with Crippen molar-refractivity contribution in [2.45, 2.75) is 31.7 Å². The molecular formula is C25H23ClN2O3. The second kappa shape index (κ2) is 7.16. The van der Waals surface area contributed by atoms with Gasteiger partial charge in [-0.25, -0.2) is 0 Å². The first kappa shape index (κ1) is 20.2. The number of fused-ring (bicyclic) bond motifs is 1. The number of nitrogens with zero attached hydrogens (tertiary/aromatic N) is 2. The predicted octanol–water partition coefficient (Wildman–Crippen LogP) is 4.79. The van der Waals surface area contributed by atoms with Gasteiger partial charge in [-0.1, -0.05) is 41.9 Å². The van der Waals surface area contributed by atoms with E-state index in [1.807, 2.05) is 74.6 Å². The van der Waals surface area contributed by atoms with E-state index < -0.39 is 5.72 Å². The summed E-state index contributed by atoms with van der Waals surface area (Å²) in [6.45, 7) is 4.99. The van der Waals surface area contributed by atoms with Crippen molar-refractivity contribution in [3.8, 4) is 0 Å². The van der Waals surface area contributed by atoms with Gasteiger partial charge in [0.05, 0.1) is 18.8 Å². The van der Waals surface area contributed by atoms with Gasteiger partial charge in [-0.3, -0.25) is 14.7 Å². The van der Waals surface area contributed by atoms with Crippen LogP contribution in [-0.4, -0.2) is 29.5 Å². The number of methoxy groups -OCH3 is 1. The number of carbonyl (C=O) groups is 1. The zero-order chi connectivity index (χ0) is 21.8. The minimum Gasteiger partial charge on any atom is -0.365 e. The molecule has 1 fully saturated rings. The summed E-state index contributed by atoms with van der Waals surface area (Å²) in [5.74, 6) is -0.0970. The van der Waals surface area contributed by atoms with E-state index in [0.29, 0.717) is 23.7 Å². The van der Waals surface area contributed by atoms with Gasteiger partial charge in [-0.05, 0) is 49.2 Å². The van der Waals surface area contributed by atoms with Crippen LogP contribution < -0.4 is 0 Å². The average molecular weight is 435 g/mol. The third-order valence-electron chi connectivity index (χ3n) is 6.25. The Morgan fingerprint density at radius 1 is 1.13 bits per heavy atom. The number of hydrogen-bond acceptors (Lipinski definition) is 4. The molecule has 0 radical (unpaired) electrons. The van der Waals surface area contributed by atoms with E-state index in [4.69, 9.17) is 21.1 Å². The van der Waals surface area contributed by atoms with Gasteiger partial charge in [0.15, 0.2) is 5.72 Å². The summed E-state index contributed by atoms with van der Waals surface area (Å²) >= 11 is 6.15. The fourth-order valence-electron chi connectivity index (χ4n) is 4.32. The smallest absolute Gasteiger partial charge is 0.257 e. The first-order valence-electron chi connectivity index (χ1n) is 10.2. The van der Waals surface area contributed by atoms with E-state index >= 15 is 0 Å². The normalized spacial score (nSPS) is 24.4. The molecule has 0 spiro atoms. The van der Waals surface area contributed by atoms with Gasteiger partial charge in [0.2, 0.25) is 0 Å². The molecule has 5 nitrogen and oxygen atoms in total. The molecule has 6 heteroatoms. The Morgan fingerprint density at radius 3 is 2.45 bits per heavy atom. The van der Waals surface area contributed by atoms with Crippen LogP contribution in [-0.2, 0) is 27.3 Å². The lowest BCUT2D eigenvalue weighted by Crippen LogP contribution is -2.45. The van der Waals surface area contributed by atoms with Crippen molar-refractivity contribution in [1.82, 2.24) is 9.88 Å². The number of epoxide rings is 1. The lowest BCUT2D eigenvalue weighted by molar-refractivity contribution is -0.0868. The molecule has 3 heterocycles. The van der Waals surface area contributed by atoms with E-state index in [1.165, 1.54) is 0 Å². The number of hydrogen-bond donors (Lipinski definition) is 0. The van der Waals surface area contributed by atoms with E-state index in [-0.39, 0.29) is 11.5 Å². The summed E-state index contributed by atoms with van der Waals surface area (Å²) < 4.78 is 11.8. The number of aryl methyl sites for hydroxylation is 1. The lowest BCUT2D eigenvalue weighted by Gasteiger charge is -2.38. The van der Waals surface area contributed by atoms with Gasteiger partial charge in [-0.15, -0.1) is 0 Å². The summed E-state index contributed by atoms with van der Waals surface area (Å²) in [5.41, 5.74) is 3.72. The highest BCUT2D eigenvalue weighted by Gasteiger charge is 2.53. The molecule has 2 aromatic carbocycles. The number of carbonyl (C=O) groups excluding carboxylic acids is 1. The minimum absolute atomic E-state index is 0.0970. The standard InChI is InChI=1S/C25H23ClN2O3/c1-16-4-10-20(27-13-16)14-28-23(29)21-12-18(24(2)15-31-24)7-11-22(21)25(28,30-3)17-5-8-19(26)9-6-17/h4-13H,14-15H2,1-3H3. The van der Waals surface area contributed by atoms with Crippen molar-refractivity contribution in [3.05, 3.63) is 99.3 Å². The maximum Gasteiger partial charge on any atom is 0.257 e. The van der Waals surface area contributed by atoms with Gasteiger partial charge in [0, 0.05) is 35.0 Å². The van der Waals surface area contributed by atoms with Crippen LogP contribution >= 0.6 is 11.6 Å². The van der Waals surface area contributed by atoms with Crippen LogP contribution in [0.2, 0.25) is 5.02 Å². The van der Waals surface area contributed by atoms with Crippen LogP contribution in [0, 0.1) is 6.92 Å². The van der Waals surface area contributed by atoms with E-state index in [1.54, 1.807) is 12.0 Å². The first-order valence-corrected chi connectivity index (χ1v) is 10.6. The summed E-state index contributed by atoms with van der Waals surface area (Å²) in [4.78, 5) is 20.0. The predicted molar refractivity (Wildman–Crippen MR) is 118 cm³/mol. The molecule has 2 aliphatic rings. The summed E-state index contributed by atoms with van der Waals surface area (Å²) in [7, 11) is 1.63. The molecule has 0 N–H and O–H groups in total. The molecule has 158 valence electrons. The molecule has 1 aromatic heterocycles. The number of amides is 1. The van der Waals surface area contributed by atoms with E-state index in [0.717, 1.165) is 27.9 Å². The zero-order valence-electron chi connectivity index (χ0n) is 17.7. The molecule has 2 atom stereocenters. The first-order chi connectivity index (χ1) is 14.9. The molecule has 3 aromatic rings. The number of aromatic nitrogens is 1. The summed E-state index contributed by atoms with van der Waals surface area (Å²) in [5, 5.41) is 0.625. The number of halogens is 1. The number of ether oxygens (including phenoxy) is 2. The van der Waals surface area contributed by atoms with Crippen molar-refractivity contribution in [1.29, 1.82) is 0 Å². The highest BCUT2D eigenvalue weighted by molar-refractivity contribution is 6.30. The summed E-state index contributed by atoms with van der Waals surface area (Å²) in [6, 6.07) is 17.3. The average Bonchev–Trinajstić information content (AvgIpc) is 3.49. The Hall–Kier alpha value is -2.73. The SMILES string of the molecule is COC1(c2ccc(Cl)cc2)c2ccc(C3(C)CO3)cc2C(=O)N1Cc1ccc(C)cn1. The number of pyridine rings is 1. The van der Waals surface area contributed by atoms with Gasteiger partial charge >= 0.3 is 0 Å². The third kappa shape index (κ3) is 3.16. The maximum absolute atomic E-state index is 13.7. The molecule has 5 rings (SSSR count). The Bertz CT molecular complexity index is 1160. The molecule has 0 saturated carbocycles. The fraction of sp³-hybridized carbons (Fsp3) is 0.280. The Labute approximate surface area is 186 Å². The monoisotopic (exact) mass is 434 g/mol. The van der Waals surface area contributed by atoms with Crippen LogP contribution in [0.5, 0.6) is 0 Å². The quantitative estimate of drug-likeness (QED) is 0.541. The molecule has 31 heavy (non-hydrogen) atoms. The topological polar surface area (TPSA) is 55.0 Å². The highest BCUT2D eigenvalue weighted by atomic mass is 35.5. The van der Waals surface area contributed by atoms with Crippen LogP contribution in [0.3, 0.4) is 0 Å². The second-order valence-electron chi connectivity index (χ2n) is 8.35. The number of rotatable bonds is 5. The molecule has 1 amide bonds. The van der Waals surface area contributed by atoms with Crippen LogP contribution in [0.25, 0.3) is 0 Å². The Kier molecular flexibility index (Phi) is 4.66. The van der Waals surface area contributed by atoms with Gasteiger partial charge in [0.25, 0.3) is 5.91 Å². The lowest BCUT2D eigenvalue weighted by atomic mass is 9.90. The summed E-state index contributed by atoms with van der Waals surface area (Å²) in [6.07, 6.45) is 1.81. The van der Waals surface area contributed by atoms with Crippen LogP contribution in [0.4, 0.5) is 0 Å². The van der Waals surface area contributed by atoms with Gasteiger partial charge < -0.3 is 9.47 Å². The second-order valence-corrected chi connectivity index (χ2v) is 8.79. The van der Waals surface area contributed by atoms with Crippen molar-refractivity contribution in [2.75, 3.05) is 13.7 Å². The molecule has 1 saturated heterocycles. The maximum atomic E-state index is 13.7. The largest absolute Gasteiger partial charge is 0.365 e. The molecule has 0 bridgehead atoms. The van der Waals surface area contributed by atoms with Crippen molar-refractivity contribution >= 4 is 17.5 Å².